The minimum absolute atomic E-state index is 0.0730. The maximum atomic E-state index is 12.2. The third-order valence-corrected chi connectivity index (χ3v) is 4.68. The van der Waals surface area contributed by atoms with E-state index >= 15 is 0 Å². The van der Waals surface area contributed by atoms with Crippen LogP contribution in [-0.4, -0.2) is 46.3 Å². The molecular weight excluding hydrogens is 293 g/mol. The van der Waals surface area contributed by atoms with E-state index < -0.39 is 17.0 Å². The fourth-order valence-corrected chi connectivity index (χ4v) is 3.08. The third kappa shape index (κ3) is 4.38. The van der Waals surface area contributed by atoms with Crippen molar-refractivity contribution in [2.45, 2.75) is 24.7 Å². The summed E-state index contributed by atoms with van der Waals surface area (Å²) in [5, 5.41) is 25.1. The molecule has 1 aromatic heterocycles. The van der Waals surface area contributed by atoms with Crippen LogP contribution in [0.15, 0.2) is 35.4 Å². The van der Waals surface area contributed by atoms with Gasteiger partial charge in [0.15, 0.2) is 9.84 Å². The van der Waals surface area contributed by atoms with Crippen LogP contribution in [0, 0.1) is 6.92 Å². The summed E-state index contributed by atoms with van der Waals surface area (Å²) < 4.78 is 25.6. The molecule has 0 unspecified atom stereocenters. The Morgan fingerprint density at radius 3 is 2.52 bits per heavy atom. The molecule has 0 aliphatic rings. The summed E-state index contributed by atoms with van der Waals surface area (Å²) in [4.78, 5) is 0.284. The first-order valence-electron chi connectivity index (χ1n) is 6.41. The fraction of sp³-hybridized carbons (Fsp3) is 0.333. The predicted molar refractivity (Wildman–Crippen MR) is 77.1 cm³/mol. The molecule has 0 saturated carbocycles. The number of hydrogen-bond donors (Lipinski definition) is 2. The van der Waals surface area contributed by atoms with Crippen LogP contribution in [0.5, 0.6) is 0 Å². The maximum Gasteiger partial charge on any atom is 0.474 e. The molecule has 2 aromatic rings. The molecule has 0 atom stereocenters. The Bertz CT molecular complexity index is 698. The highest BCUT2D eigenvalue weighted by Gasteiger charge is 2.16. The van der Waals surface area contributed by atoms with E-state index in [1.165, 1.54) is 10.9 Å². The van der Waals surface area contributed by atoms with Crippen LogP contribution in [0.4, 0.5) is 0 Å². The van der Waals surface area contributed by atoms with Crippen molar-refractivity contribution in [3.63, 3.8) is 0 Å². The number of nitrogens with zero attached hydrogens (tertiary/aromatic N) is 3. The van der Waals surface area contributed by atoms with Gasteiger partial charge in [-0.15, -0.1) is 5.10 Å². The average molecular weight is 309 g/mol. The molecule has 2 N–H and O–H groups in total. The monoisotopic (exact) mass is 309 g/mol. The van der Waals surface area contributed by atoms with E-state index in [0.29, 0.717) is 5.69 Å². The van der Waals surface area contributed by atoms with Crippen LogP contribution in [0.25, 0.3) is 0 Å². The number of rotatable bonds is 6. The van der Waals surface area contributed by atoms with Crippen molar-refractivity contribution < 1.29 is 18.5 Å². The van der Waals surface area contributed by atoms with E-state index in [1.807, 2.05) is 6.92 Å². The van der Waals surface area contributed by atoms with Gasteiger partial charge in [0.25, 0.3) is 0 Å². The number of sulfone groups is 1. The molecule has 9 heteroatoms. The van der Waals surface area contributed by atoms with Gasteiger partial charge in [-0.1, -0.05) is 22.9 Å². The molecule has 0 amide bonds. The Labute approximate surface area is 123 Å². The summed E-state index contributed by atoms with van der Waals surface area (Å²) >= 11 is 0. The van der Waals surface area contributed by atoms with Crippen molar-refractivity contribution in [3.8, 4) is 0 Å². The van der Waals surface area contributed by atoms with Crippen LogP contribution in [0.3, 0.4) is 0 Å². The number of aryl methyl sites for hydroxylation is 2. The molecule has 0 spiro atoms. The lowest BCUT2D eigenvalue weighted by Gasteiger charge is -2.03. The highest BCUT2D eigenvalue weighted by atomic mass is 32.2. The van der Waals surface area contributed by atoms with Crippen LogP contribution in [-0.2, 0) is 22.7 Å². The van der Waals surface area contributed by atoms with Gasteiger partial charge >= 0.3 is 7.12 Å². The normalized spacial score (nSPS) is 11.6. The highest BCUT2D eigenvalue weighted by Crippen LogP contribution is 2.13. The Hall–Kier alpha value is -1.71. The van der Waals surface area contributed by atoms with Gasteiger partial charge in [-0.05, 0) is 19.1 Å². The minimum atomic E-state index is -3.36. The summed E-state index contributed by atoms with van der Waals surface area (Å²) in [6.07, 6.45) is 1.62. The minimum Gasteiger partial charge on any atom is -0.426 e. The molecule has 7 nitrogen and oxygen atoms in total. The Morgan fingerprint density at radius 2 is 1.90 bits per heavy atom. The van der Waals surface area contributed by atoms with E-state index in [0.717, 1.165) is 5.56 Å². The van der Waals surface area contributed by atoms with Crippen molar-refractivity contribution >= 4 is 17.0 Å². The quantitative estimate of drug-likeness (QED) is 0.704. The molecule has 21 heavy (non-hydrogen) atoms. The van der Waals surface area contributed by atoms with Crippen LogP contribution < -0.4 is 0 Å². The summed E-state index contributed by atoms with van der Waals surface area (Å²) in [5.41, 5.74) is 1.49. The summed E-state index contributed by atoms with van der Waals surface area (Å²) in [6, 6.07) is 6.69. The van der Waals surface area contributed by atoms with Gasteiger partial charge in [-0.2, -0.15) is 0 Å². The van der Waals surface area contributed by atoms with Crippen molar-refractivity contribution in [2.75, 3.05) is 5.75 Å². The zero-order chi connectivity index (χ0) is 15.5. The molecule has 0 fully saturated rings. The first kappa shape index (κ1) is 15.7. The smallest absolute Gasteiger partial charge is 0.426 e. The van der Waals surface area contributed by atoms with Crippen molar-refractivity contribution in [1.29, 1.82) is 0 Å². The molecule has 0 bridgehead atoms. The molecule has 2 rings (SSSR count). The zero-order valence-corrected chi connectivity index (χ0v) is 12.4. The largest absolute Gasteiger partial charge is 0.474 e. The molecule has 1 heterocycles. The van der Waals surface area contributed by atoms with Crippen LogP contribution in [0.2, 0.25) is 0 Å². The van der Waals surface area contributed by atoms with Gasteiger partial charge < -0.3 is 10.0 Å². The third-order valence-electron chi connectivity index (χ3n) is 2.94. The topological polar surface area (TPSA) is 105 Å². The lowest BCUT2D eigenvalue weighted by atomic mass is 9.93. The molecule has 112 valence electrons. The molecule has 1 aromatic carbocycles. The van der Waals surface area contributed by atoms with Crippen LogP contribution >= 0.6 is 0 Å². The predicted octanol–water partition coefficient (Wildman–Crippen LogP) is -0.385. The summed E-state index contributed by atoms with van der Waals surface area (Å²) in [6.45, 7) is 1.89. The SMILES string of the molecule is Cc1ccc(S(=O)(=O)CCc2cn(CB(O)O)nn2)cc1. The Kier molecular flexibility index (Phi) is 4.76. The summed E-state index contributed by atoms with van der Waals surface area (Å²) in [7, 11) is -4.88. The standard InChI is InChI=1S/C12H16BN3O4S/c1-10-2-4-12(5-3-10)21(19,20)7-6-11-8-16(15-14-11)9-13(17)18/h2-5,8,17-18H,6-7,9H2,1H3. The Morgan fingerprint density at radius 1 is 1.24 bits per heavy atom. The number of hydrogen-bond acceptors (Lipinski definition) is 6. The molecular formula is C12H16BN3O4S. The van der Waals surface area contributed by atoms with Gasteiger partial charge in [-0.25, -0.2) is 8.42 Å². The molecule has 0 aliphatic heterocycles. The second-order valence-corrected chi connectivity index (χ2v) is 6.90. The van der Waals surface area contributed by atoms with Gasteiger partial charge in [0.1, 0.15) is 0 Å². The maximum absolute atomic E-state index is 12.2. The first-order valence-corrected chi connectivity index (χ1v) is 8.06. The first-order chi connectivity index (χ1) is 9.87. The van der Waals surface area contributed by atoms with E-state index in [-0.39, 0.29) is 23.5 Å². The Balaban J connectivity index is 2.01. The number of aromatic nitrogens is 3. The molecule has 0 saturated heterocycles. The second kappa shape index (κ2) is 6.38. The molecule has 0 aliphatic carbocycles. The van der Waals surface area contributed by atoms with Crippen molar-refractivity contribution in [2.24, 2.45) is 0 Å². The van der Waals surface area contributed by atoms with Gasteiger partial charge in [0.05, 0.1) is 22.8 Å². The van der Waals surface area contributed by atoms with E-state index in [4.69, 9.17) is 10.0 Å². The summed E-state index contributed by atoms with van der Waals surface area (Å²) in [5.74, 6) is -0.0730. The van der Waals surface area contributed by atoms with Gasteiger partial charge in [-0.3, -0.25) is 4.68 Å². The van der Waals surface area contributed by atoms with Gasteiger partial charge in [0, 0.05) is 12.6 Å². The molecule has 0 radical (unpaired) electrons. The lowest BCUT2D eigenvalue weighted by molar-refractivity contribution is 0.386. The van der Waals surface area contributed by atoms with Gasteiger partial charge in [0.2, 0.25) is 0 Å². The average Bonchev–Trinajstić information content (AvgIpc) is 2.84. The van der Waals surface area contributed by atoms with Crippen LogP contribution in [0.1, 0.15) is 11.3 Å². The fourth-order valence-electron chi connectivity index (χ4n) is 1.81. The number of benzene rings is 1. The lowest BCUT2D eigenvalue weighted by Crippen LogP contribution is -2.20. The van der Waals surface area contributed by atoms with E-state index in [9.17, 15) is 8.42 Å². The van der Waals surface area contributed by atoms with Crippen molar-refractivity contribution in [3.05, 3.63) is 41.7 Å². The second-order valence-electron chi connectivity index (χ2n) is 4.79. The zero-order valence-electron chi connectivity index (χ0n) is 11.5. The van der Waals surface area contributed by atoms with Crippen molar-refractivity contribution in [1.82, 2.24) is 15.0 Å². The van der Waals surface area contributed by atoms with E-state index in [1.54, 1.807) is 24.3 Å². The highest BCUT2D eigenvalue weighted by molar-refractivity contribution is 7.91. The van der Waals surface area contributed by atoms with E-state index in [2.05, 4.69) is 10.3 Å².